The Morgan fingerprint density at radius 2 is 1.76 bits per heavy atom. The lowest BCUT2D eigenvalue weighted by Crippen LogP contribution is -2.14. The molecule has 1 aliphatic rings. The Morgan fingerprint density at radius 1 is 0.960 bits per heavy atom. The Balaban J connectivity index is 1.90. The van der Waals surface area contributed by atoms with Crippen LogP contribution >= 0.6 is 0 Å². The van der Waals surface area contributed by atoms with Gasteiger partial charge in [-0.3, -0.25) is 0 Å². The standard InChI is InChI=1S/C21H17BO3/c1-21(2)16-9-7-12(25-22-23)11-15(16)19-17(21)10-8-14-13-5-3-4-6-18(13)24-20(14)19/h3-11,22-23H,1-2H3. The van der Waals surface area contributed by atoms with Crippen LogP contribution in [0.5, 0.6) is 5.75 Å². The second kappa shape index (κ2) is 4.90. The number of hydrogen-bond donors (Lipinski definition) is 1. The first-order valence-corrected chi connectivity index (χ1v) is 8.44. The van der Waals surface area contributed by atoms with Gasteiger partial charge in [0.2, 0.25) is 0 Å². The van der Waals surface area contributed by atoms with Crippen molar-refractivity contribution in [2.45, 2.75) is 19.3 Å². The number of hydrogen-bond acceptors (Lipinski definition) is 3. The van der Waals surface area contributed by atoms with E-state index in [1.54, 1.807) is 0 Å². The fraction of sp³-hybridized carbons (Fsp3) is 0.143. The van der Waals surface area contributed by atoms with Crippen LogP contribution in [0.4, 0.5) is 0 Å². The monoisotopic (exact) mass is 328 g/mol. The van der Waals surface area contributed by atoms with E-state index in [4.69, 9.17) is 14.1 Å². The lowest BCUT2D eigenvalue weighted by molar-refractivity contribution is 0.454. The third-order valence-electron chi connectivity index (χ3n) is 5.39. The van der Waals surface area contributed by atoms with Crippen molar-refractivity contribution in [3.8, 4) is 16.9 Å². The van der Waals surface area contributed by atoms with Gasteiger partial charge in [-0.1, -0.05) is 50.2 Å². The SMILES string of the molecule is CC1(C)c2ccc(OBO)cc2-c2c1ccc1c2oc2ccccc21. The van der Waals surface area contributed by atoms with Gasteiger partial charge < -0.3 is 14.1 Å². The highest BCUT2D eigenvalue weighted by Gasteiger charge is 2.37. The van der Waals surface area contributed by atoms with Gasteiger partial charge in [-0.05, 0) is 34.9 Å². The highest BCUT2D eigenvalue weighted by atomic mass is 16.5. The summed E-state index contributed by atoms with van der Waals surface area (Å²) in [6.45, 7) is 4.47. The van der Waals surface area contributed by atoms with E-state index >= 15 is 0 Å². The second-order valence-corrected chi connectivity index (χ2v) is 7.07. The highest BCUT2D eigenvalue weighted by molar-refractivity contribution is 6.17. The van der Waals surface area contributed by atoms with Crippen molar-refractivity contribution in [1.82, 2.24) is 0 Å². The summed E-state index contributed by atoms with van der Waals surface area (Å²) in [5.41, 5.74) is 6.49. The molecular formula is C21H17BO3. The van der Waals surface area contributed by atoms with Crippen LogP contribution in [0.1, 0.15) is 25.0 Å². The molecular weight excluding hydrogens is 311 g/mol. The summed E-state index contributed by atoms with van der Waals surface area (Å²) in [4.78, 5) is 0. The van der Waals surface area contributed by atoms with Gasteiger partial charge in [0, 0.05) is 21.8 Å². The lowest BCUT2D eigenvalue weighted by Gasteiger charge is -2.21. The number of para-hydroxylation sites is 1. The predicted octanol–water partition coefficient (Wildman–Crippen LogP) is 4.53. The molecule has 4 heteroatoms. The minimum atomic E-state index is -0.329. The maximum Gasteiger partial charge on any atom is 0.504 e. The highest BCUT2D eigenvalue weighted by Crippen LogP contribution is 2.53. The zero-order chi connectivity index (χ0) is 17.2. The molecule has 1 aromatic heterocycles. The zero-order valence-electron chi connectivity index (χ0n) is 14.2. The third kappa shape index (κ3) is 1.86. The molecule has 122 valence electrons. The van der Waals surface area contributed by atoms with Gasteiger partial charge >= 0.3 is 7.69 Å². The Labute approximate surface area is 146 Å². The van der Waals surface area contributed by atoms with Crippen molar-refractivity contribution in [3.63, 3.8) is 0 Å². The molecule has 0 aliphatic heterocycles. The van der Waals surface area contributed by atoms with Crippen LogP contribution in [-0.4, -0.2) is 12.7 Å². The summed E-state index contributed by atoms with van der Waals surface area (Å²) in [7, 11) is -0.329. The number of furan rings is 1. The average Bonchev–Trinajstić information content (AvgIpc) is 3.09. The van der Waals surface area contributed by atoms with Crippen molar-refractivity contribution in [3.05, 3.63) is 65.7 Å². The van der Waals surface area contributed by atoms with Gasteiger partial charge in [-0.15, -0.1) is 0 Å². The van der Waals surface area contributed by atoms with Crippen LogP contribution in [0.2, 0.25) is 0 Å². The molecule has 0 amide bonds. The summed E-state index contributed by atoms with van der Waals surface area (Å²) in [5, 5.41) is 11.4. The number of benzene rings is 3. The van der Waals surface area contributed by atoms with E-state index in [-0.39, 0.29) is 13.1 Å². The van der Waals surface area contributed by atoms with Crippen LogP contribution in [0.3, 0.4) is 0 Å². The van der Waals surface area contributed by atoms with Crippen LogP contribution < -0.4 is 4.65 Å². The summed E-state index contributed by atoms with van der Waals surface area (Å²) < 4.78 is 11.6. The van der Waals surface area contributed by atoms with Crippen molar-refractivity contribution in [1.29, 1.82) is 0 Å². The zero-order valence-corrected chi connectivity index (χ0v) is 14.2. The molecule has 3 nitrogen and oxygen atoms in total. The van der Waals surface area contributed by atoms with E-state index < -0.39 is 0 Å². The van der Waals surface area contributed by atoms with Crippen molar-refractivity contribution in [2.75, 3.05) is 0 Å². The average molecular weight is 328 g/mol. The van der Waals surface area contributed by atoms with Crippen molar-refractivity contribution in [2.24, 2.45) is 0 Å². The number of fused-ring (bicyclic) bond motifs is 7. The molecule has 5 rings (SSSR count). The van der Waals surface area contributed by atoms with E-state index in [2.05, 4.69) is 38.1 Å². The Morgan fingerprint density at radius 3 is 2.60 bits per heavy atom. The largest absolute Gasteiger partial charge is 0.539 e. The molecule has 0 atom stereocenters. The predicted molar refractivity (Wildman–Crippen MR) is 101 cm³/mol. The van der Waals surface area contributed by atoms with Gasteiger partial charge in [0.1, 0.15) is 16.9 Å². The molecule has 0 bridgehead atoms. The van der Waals surface area contributed by atoms with Crippen LogP contribution in [0, 0.1) is 0 Å². The first kappa shape index (κ1) is 14.6. The second-order valence-electron chi connectivity index (χ2n) is 7.07. The minimum absolute atomic E-state index is 0.102. The third-order valence-corrected chi connectivity index (χ3v) is 5.39. The van der Waals surface area contributed by atoms with E-state index in [9.17, 15) is 0 Å². The summed E-state index contributed by atoms with van der Waals surface area (Å²) >= 11 is 0. The van der Waals surface area contributed by atoms with E-state index in [1.165, 1.54) is 11.1 Å². The first-order chi connectivity index (χ1) is 12.1. The van der Waals surface area contributed by atoms with Crippen molar-refractivity contribution >= 4 is 29.6 Å². The molecule has 0 saturated heterocycles. The molecule has 1 N–H and O–H groups in total. The Kier molecular flexibility index (Phi) is 2.86. The molecule has 0 fully saturated rings. The Bertz CT molecular complexity index is 1140. The molecule has 1 aliphatic carbocycles. The van der Waals surface area contributed by atoms with Crippen LogP contribution in [-0.2, 0) is 5.41 Å². The number of rotatable bonds is 2. The molecule has 4 aromatic rings. The quantitative estimate of drug-likeness (QED) is 0.550. The first-order valence-electron chi connectivity index (χ1n) is 8.44. The molecule has 0 unspecified atom stereocenters. The summed E-state index contributed by atoms with van der Waals surface area (Å²) in [6, 6.07) is 18.5. The maximum atomic E-state index is 9.09. The van der Waals surface area contributed by atoms with Gasteiger partial charge in [0.25, 0.3) is 0 Å². The van der Waals surface area contributed by atoms with E-state index in [1.807, 2.05) is 30.3 Å². The minimum Gasteiger partial charge on any atom is -0.539 e. The molecule has 3 aromatic carbocycles. The molecule has 0 saturated carbocycles. The molecule has 25 heavy (non-hydrogen) atoms. The Hall–Kier alpha value is -2.72. The molecule has 0 radical (unpaired) electrons. The normalized spacial score (nSPS) is 14.5. The van der Waals surface area contributed by atoms with Gasteiger partial charge in [0.05, 0.1) is 0 Å². The fourth-order valence-corrected chi connectivity index (χ4v) is 4.16. The summed E-state index contributed by atoms with van der Waals surface area (Å²) in [5.74, 6) is 0.665. The van der Waals surface area contributed by atoms with Crippen LogP contribution in [0.25, 0.3) is 33.1 Å². The van der Waals surface area contributed by atoms with E-state index in [0.29, 0.717) is 5.75 Å². The van der Waals surface area contributed by atoms with Crippen molar-refractivity contribution < 1.29 is 14.1 Å². The molecule has 0 spiro atoms. The maximum absolute atomic E-state index is 9.09. The molecule has 1 heterocycles. The lowest BCUT2D eigenvalue weighted by atomic mass is 9.82. The summed E-state index contributed by atoms with van der Waals surface area (Å²) in [6.07, 6.45) is 0. The van der Waals surface area contributed by atoms with E-state index in [0.717, 1.165) is 33.1 Å². The van der Waals surface area contributed by atoms with Gasteiger partial charge in [-0.25, -0.2) is 0 Å². The van der Waals surface area contributed by atoms with Gasteiger partial charge in [-0.2, -0.15) is 0 Å². The van der Waals surface area contributed by atoms with Gasteiger partial charge in [0.15, 0.2) is 0 Å². The smallest absolute Gasteiger partial charge is 0.504 e. The van der Waals surface area contributed by atoms with Crippen LogP contribution in [0.15, 0.2) is 59.0 Å². The topological polar surface area (TPSA) is 42.6 Å². The fourth-order valence-electron chi connectivity index (χ4n) is 4.16.